The number of aromatic nitrogens is 1. The van der Waals surface area contributed by atoms with E-state index in [1.54, 1.807) is 24.0 Å². The van der Waals surface area contributed by atoms with Gasteiger partial charge in [-0.05, 0) is 43.5 Å². The van der Waals surface area contributed by atoms with E-state index >= 15 is 0 Å². The maximum atomic E-state index is 13.4. The van der Waals surface area contributed by atoms with Crippen molar-refractivity contribution in [1.82, 2.24) is 14.8 Å². The van der Waals surface area contributed by atoms with Gasteiger partial charge in [0, 0.05) is 37.7 Å². The number of nitrogens with one attached hydrogen (secondary N) is 1. The number of hydrogen-bond donors (Lipinski definition) is 1. The van der Waals surface area contributed by atoms with Crippen molar-refractivity contribution in [2.75, 3.05) is 40.5 Å². The van der Waals surface area contributed by atoms with Crippen LogP contribution in [0.3, 0.4) is 0 Å². The molecule has 4 rings (SSSR count). The molecule has 0 saturated carbocycles. The molecule has 1 atom stereocenters. The van der Waals surface area contributed by atoms with Gasteiger partial charge >= 0.3 is 0 Å². The summed E-state index contributed by atoms with van der Waals surface area (Å²) in [6.45, 7) is 3.63. The van der Waals surface area contributed by atoms with Crippen LogP contribution >= 0.6 is 0 Å². The van der Waals surface area contributed by atoms with Gasteiger partial charge in [0.1, 0.15) is 5.75 Å². The van der Waals surface area contributed by atoms with Crippen molar-refractivity contribution in [3.63, 3.8) is 0 Å². The van der Waals surface area contributed by atoms with E-state index in [2.05, 4.69) is 4.98 Å². The summed E-state index contributed by atoms with van der Waals surface area (Å²) in [5, 5.41) is 1.06. The number of nitrogens with zero attached hydrogens (tertiary/aromatic N) is 2. The SMILES string of the molecule is COCCCN1CC(=O)N2CCc3c([nH]c4ccc(OC)cc34)C2(C)C1=O. The molecule has 27 heavy (non-hydrogen) atoms. The Balaban J connectivity index is 1.78. The Morgan fingerprint density at radius 1 is 1.26 bits per heavy atom. The van der Waals surface area contributed by atoms with Crippen molar-refractivity contribution in [3.05, 3.63) is 29.5 Å². The first-order valence-corrected chi connectivity index (χ1v) is 9.28. The van der Waals surface area contributed by atoms with E-state index in [4.69, 9.17) is 9.47 Å². The number of fused-ring (bicyclic) bond motifs is 5. The minimum atomic E-state index is -0.998. The number of hydrogen-bond acceptors (Lipinski definition) is 4. The topological polar surface area (TPSA) is 74.9 Å². The van der Waals surface area contributed by atoms with Crippen molar-refractivity contribution >= 4 is 22.7 Å². The molecule has 0 radical (unpaired) electrons. The van der Waals surface area contributed by atoms with E-state index in [0.717, 1.165) is 34.3 Å². The summed E-state index contributed by atoms with van der Waals surface area (Å²) < 4.78 is 10.5. The van der Waals surface area contributed by atoms with Crippen LogP contribution in [0.25, 0.3) is 10.9 Å². The van der Waals surface area contributed by atoms with Crippen LogP contribution in [0.1, 0.15) is 24.6 Å². The standard InChI is InChI=1S/C20H25N3O4/c1-20-18-14(15-11-13(27-3)5-6-16(15)21-18)7-9-23(20)17(24)12-22(19(20)25)8-4-10-26-2/h5-6,11,21H,4,7-10,12H2,1-3H3. The van der Waals surface area contributed by atoms with Gasteiger partial charge < -0.3 is 24.3 Å². The number of piperazine rings is 1. The molecule has 3 heterocycles. The van der Waals surface area contributed by atoms with Gasteiger partial charge in [-0.2, -0.15) is 0 Å². The van der Waals surface area contributed by atoms with Crippen molar-refractivity contribution in [2.24, 2.45) is 0 Å². The highest BCUT2D eigenvalue weighted by atomic mass is 16.5. The molecule has 0 aliphatic carbocycles. The number of carbonyl (C=O) groups excluding carboxylic acids is 2. The number of H-pyrrole nitrogens is 1. The van der Waals surface area contributed by atoms with Crippen LogP contribution in [0.4, 0.5) is 0 Å². The first-order valence-electron chi connectivity index (χ1n) is 9.28. The van der Waals surface area contributed by atoms with E-state index in [9.17, 15) is 9.59 Å². The molecule has 1 aromatic heterocycles. The minimum absolute atomic E-state index is 0.00333. The molecule has 1 fully saturated rings. The average Bonchev–Trinajstić information content (AvgIpc) is 3.05. The lowest BCUT2D eigenvalue weighted by Gasteiger charge is -2.49. The molecular weight excluding hydrogens is 346 g/mol. The van der Waals surface area contributed by atoms with E-state index in [-0.39, 0.29) is 18.4 Å². The Morgan fingerprint density at radius 2 is 2.07 bits per heavy atom. The van der Waals surface area contributed by atoms with Crippen molar-refractivity contribution in [3.8, 4) is 5.75 Å². The Bertz CT molecular complexity index is 906. The Hall–Kier alpha value is -2.54. The molecule has 1 aromatic carbocycles. The zero-order chi connectivity index (χ0) is 19.2. The largest absolute Gasteiger partial charge is 0.497 e. The summed E-state index contributed by atoms with van der Waals surface area (Å²) in [6, 6.07) is 5.86. The number of rotatable bonds is 5. The quantitative estimate of drug-likeness (QED) is 0.811. The van der Waals surface area contributed by atoms with E-state index in [0.29, 0.717) is 26.1 Å². The van der Waals surface area contributed by atoms with Gasteiger partial charge in [0.05, 0.1) is 19.3 Å². The second-order valence-electron chi connectivity index (χ2n) is 7.33. The molecule has 1 N–H and O–H groups in total. The second-order valence-corrected chi connectivity index (χ2v) is 7.33. The smallest absolute Gasteiger partial charge is 0.254 e. The number of ether oxygens (including phenoxy) is 2. The number of amides is 2. The Kier molecular flexibility index (Phi) is 4.34. The van der Waals surface area contributed by atoms with Crippen LogP contribution in [-0.2, 0) is 26.3 Å². The zero-order valence-corrected chi connectivity index (χ0v) is 16.0. The Labute approximate surface area is 158 Å². The van der Waals surface area contributed by atoms with Crippen LogP contribution in [0.2, 0.25) is 0 Å². The number of benzene rings is 1. The van der Waals surface area contributed by atoms with Gasteiger partial charge in [0.15, 0.2) is 5.54 Å². The third-order valence-electron chi connectivity index (χ3n) is 5.83. The third-order valence-corrected chi connectivity index (χ3v) is 5.83. The summed E-state index contributed by atoms with van der Waals surface area (Å²) in [6.07, 6.45) is 1.43. The molecule has 0 spiro atoms. The monoisotopic (exact) mass is 371 g/mol. The van der Waals surface area contributed by atoms with Crippen LogP contribution in [0.15, 0.2) is 18.2 Å². The summed E-state index contributed by atoms with van der Waals surface area (Å²) >= 11 is 0. The van der Waals surface area contributed by atoms with Crippen molar-refractivity contribution in [1.29, 1.82) is 0 Å². The minimum Gasteiger partial charge on any atom is -0.497 e. The zero-order valence-electron chi connectivity index (χ0n) is 16.0. The van der Waals surface area contributed by atoms with E-state index in [1.165, 1.54) is 0 Å². The summed E-state index contributed by atoms with van der Waals surface area (Å²) in [5.41, 5.74) is 1.89. The van der Waals surface area contributed by atoms with E-state index < -0.39 is 5.54 Å². The highest BCUT2D eigenvalue weighted by Gasteiger charge is 2.53. The van der Waals surface area contributed by atoms with Gasteiger partial charge in [-0.25, -0.2) is 0 Å². The third kappa shape index (κ3) is 2.60. The van der Waals surface area contributed by atoms with Crippen molar-refractivity contribution < 1.29 is 19.1 Å². The molecule has 2 aromatic rings. The highest BCUT2D eigenvalue weighted by Crippen LogP contribution is 2.42. The van der Waals surface area contributed by atoms with Crippen LogP contribution in [0.5, 0.6) is 5.75 Å². The number of methoxy groups -OCH3 is 2. The summed E-state index contributed by atoms with van der Waals surface area (Å²) in [4.78, 5) is 33.1. The molecule has 1 saturated heterocycles. The molecule has 0 bridgehead atoms. The van der Waals surface area contributed by atoms with Crippen molar-refractivity contribution in [2.45, 2.75) is 25.3 Å². The fourth-order valence-electron chi connectivity index (χ4n) is 4.42. The molecule has 144 valence electrons. The number of aromatic amines is 1. The maximum absolute atomic E-state index is 13.4. The lowest BCUT2D eigenvalue weighted by atomic mass is 9.83. The second kappa shape index (κ2) is 6.56. The normalized spacial score (nSPS) is 22.2. The predicted molar refractivity (Wildman–Crippen MR) is 101 cm³/mol. The highest BCUT2D eigenvalue weighted by molar-refractivity contribution is 6.00. The predicted octanol–water partition coefficient (Wildman–Crippen LogP) is 1.66. The first kappa shape index (κ1) is 17.9. The summed E-state index contributed by atoms with van der Waals surface area (Å²) in [5.74, 6) is 0.748. The maximum Gasteiger partial charge on any atom is 0.254 e. The molecule has 2 aliphatic heterocycles. The fourth-order valence-corrected chi connectivity index (χ4v) is 4.42. The lowest BCUT2D eigenvalue weighted by molar-refractivity contribution is -0.166. The molecule has 2 amide bonds. The molecular formula is C20H25N3O4. The fraction of sp³-hybridized carbons (Fsp3) is 0.500. The van der Waals surface area contributed by atoms with Gasteiger partial charge in [0.25, 0.3) is 5.91 Å². The van der Waals surface area contributed by atoms with Gasteiger partial charge in [-0.15, -0.1) is 0 Å². The lowest BCUT2D eigenvalue weighted by Crippen LogP contribution is -2.67. The van der Waals surface area contributed by atoms with Gasteiger partial charge in [-0.3, -0.25) is 9.59 Å². The molecule has 7 nitrogen and oxygen atoms in total. The average molecular weight is 371 g/mol. The Morgan fingerprint density at radius 3 is 2.81 bits per heavy atom. The van der Waals surface area contributed by atoms with Gasteiger partial charge in [-0.1, -0.05) is 0 Å². The summed E-state index contributed by atoms with van der Waals surface area (Å²) in [7, 11) is 3.28. The molecule has 2 aliphatic rings. The molecule has 7 heteroatoms. The number of carbonyl (C=O) groups is 2. The van der Waals surface area contributed by atoms with E-state index in [1.807, 2.05) is 25.1 Å². The van der Waals surface area contributed by atoms with Gasteiger partial charge in [0.2, 0.25) is 5.91 Å². The van der Waals surface area contributed by atoms with Crippen LogP contribution in [-0.4, -0.2) is 67.1 Å². The van der Waals surface area contributed by atoms with Crippen LogP contribution in [0, 0.1) is 0 Å². The first-order chi connectivity index (χ1) is 13.0. The van der Waals surface area contributed by atoms with Crippen LogP contribution < -0.4 is 4.74 Å². The molecule has 1 unspecified atom stereocenters.